The van der Waals surface area contributed by atoms with Gasteiger partial charge in [0, 0.05) is 17.1 Å². The number of carbonyl (C=O) groups is 2. The van der Waals surface area contributed by atoms with Gasteiger partial charge in [-0.3, -0.25) is 9.59 Å². The summed E-state index contributed by atoms with van der Waals surface area (Å²) in [6.07, 6.45) is 0.830. The number of nitrogens with one attached hydrogen (secondary N) is 2. The third-order valence-corrected chi connectivity index (χ3v) is 6.68. The summed E-state index contributed by atoms with van der Waals surface area (Å²) in [7, 11) is 0. The number of nitrogens with zero attached hydrogens (tertiary/aromatic N) is 5. The van der Waals surface area contributed by atoms with E-state index in [0.717, 1.165) is 12.3 Å². The quantitative estimate of drug-likeness (QED) is 0.281. The smallest absolute Gasteiger partial charge is 0.269 e. The van der Waals surface area contributed by atoms with Gasteiger partial charge in [0.25, 0.3) is 11.8 Å². The van der Waals surface area contributed by atoms with Crippen LogP contribution in [0.3, 0.4) is 0 Å². The first-order valence-electron chi connectivity index (χ1n) is 12.8. The zero-order valence-corrected chi connectivity index (χ0v) is 23.9. The van der Waals surface area contributed by atoms with Crippen LogP contribution in [-0.2, 0) is 17.9 Å². The predicted molar refractivity (Wildman–Crippen MR) is 154 cm³/mol. The maximum absolute atomic E-state index is 14.2. The molecular weight excluding hydrogens is 588 g/mol. The Kier molecular flexibility index (Phi) is 8.64. The van der Waals surface area contributed by atoms with E-state index in [9.17, 15) is 14.0 Å². The summed E-state index contributed by atoms with van der Waals surface area (Å²) >= 11 is 12.9. The summed E-state index contributed by atoms with van der Waals surface area (Å²) in [5.41, 5.74) is 1.37. The van der Waals surface area contributed by atoms with E-state index in [0.29, 0.717) is 46.6 Å². The first-order valence-corrected chi connectivity index (χ1v) is 13.6. The molecular formula is C28H24Cl2FN7O4. The average Bonchev–Trinajstić information content (AvgIpc) is 3.38. The van der Waals surface area contributed by atoms with Crippen molar-refractivity contribution in [2.24, 2.45) is 4.99 Å². The lowest BCUT2D eigenvalue weighted by molar-refractivity contribution is -0.117. The summed E-state index contributed by atoms with van der Waals surface area (Å²) in [5, 5.41) is 9.98. The fourth-order valence-corrected chi connectivity index (χ4v) is 4.87. The van der Waals surface area contributed by atoms with E-state index in [1.54, 1.807) is 41.9 Å². The maximum Gasteiger partial charge on any atom is 0.269 e. The van der Waals surface area contributed by atoms with Crippen molar-refractivity contribution in [2.45, 2.75) is 33.2 Å². The van der Waals surface area contributed by atoms with Crippen LogP contribution >= 0.6 is 23.2 Å². The molecule has 2 aromatic carbocycles. The van der Waals surface area contributed by atoms with Crippen LogP contribution in [0.1, 0.15) is 41.2 Å². The molecule has 14 heteroatoms. The van der Waals surface area contributed by atoms with Gasteiger partial charge in [-0.2, -0.15) is 5.10 Å². The molecule has 0 radical (unpaired) electrons. The number of fused-ring (bicyclic) bond motifs is 1. The Balaban J connectivity index is 1.52. The fraction of sp³-hybridized carbons (Fsp3) is 0.214. The minimum atomic E-state index is -1.46. The van der Waals surface area contributed by atoms with Gasteiger partial charge in [-0.1, -0.05) is 41.4 Å². The van der Waals surface area contributed by atoms with Crippen LogP contribution in [0.2, 0.25) is 10.0 Å². The van der Waals surface area contributed by atoms with Crippen LogP contribution in [0.25, 0.3) is 0 Å². The monoisotopic (exact) mass is 611 g/mol. The van der Waals surface area contributed by atoms with Gasteiger partial charge in [0.05, 0.1) is 34.8 Å². The van der Waals surface area contributed by atoms with E-state index in [1.165, 1.54) is 12.4 Å². The highest BCUT2D eigenvalue weighted by atomic mass is 35.5. The number of benzodiazepines with no additional fused rings is 1. The van der Waals surface area contributed by atoms with Crippen LogP contribution in [0.15, 0.2) is 60.0 Å². The minimum Gasteiger partial charge on any atom is -0.493 e. The molecule has 2 amide bonds. The SMILES string of the molecule is CCOc1cc(Cl)cc(Cl)c1C1=NC(NC(=O)c2cc(F)cnc2OCc2ncnn2CC)C(=O)Nc2ccccc21. The summed E-state index contributed by atoms with van der Waals surface area (Å²) < 4.78 is 27.4. The van der Waals surface area contributed by atoms with Gasteiger partial charge in [-0.25, -0.2) is 24.0 Å². The highest BCUT2D eigenvalue weighted by Crippen LogP contribution is 2.36. The number of aliphatic imine (C=N–C) groups is 1. The highest BCUT2D eigenvalue weighted by molar-refractivity contribution is 6.39. The van der Waals surface area contributed by atoms with Gasteiger partial charge in [0.2, 0.25) is 12.0 Å². The number of carbonyl (C=O) groups excluding carboxylic acids is 2. The lowest BCUT2D eigenvalue weighted by atomic mass is 9.99. The van der Waals surface area contributed by atoms with Crippen LogP contribution in [0, 0.1) is 5.82 Å². The lowest BCUT2D eigenvalue weighted by Gasteiger charge is -2.17. The van der Waals surface area contributed by atoms with Crippen molar-refractivity contribution in [3.8, 4) is 11.6 Å². The van der Waals surface area contributed by atoms with Gasteiger partial charge in [0.15, 0.2) is 5.82 Å². The Morgan fingerprint density at radius 2 is 1.95 bits per heavy atom. The summed E-state index contributed by atoms with van der Waals surface area (Å²) in [4.78, 5) is 39.5. The van der Waals surface area contributed by atoms with E-state index in [4.69, 9.17) is 32.7 Å². The molecule has 0 spiro atoms. The molecule has 2 aromatic heterocycles. The third-order valence-electron chi connectivity index (χ3n) is 6.17. The molecule has 1 atom stereocenters. The molecule has 3 heterocycles. The Hall–Kier alpha value is -4.55. The van der Waals surface area contributed by atoms with Gasteiger partial charge >= 0.3 is 0 Å². The first-order chi connectivity index (χ1) is 20.3. The molecule has 216 valence electrons. The number of anilines is 1. The fourth-order valence-electron chi connectivity index (χ4n) is 4.31. The number of hydrogen-bond acceptors (Lipinski definition) is 8. The molecule has 0 saturated carbocycles. The van der Waals surface area contributed by atoms with Crippen LogP contribution < -0.4 is 20.1 Å². The average molecular weight is 612 g/mol. The number of amides is 2. The lowest BCUT2D eigenvalue weighted by Crippen LogP contribution is -2.42. The van der Waals surface area contributed by atoms with Gasteiger partial charge in [-0.15, -0.1) is 0 Å². The van der Waals surface area contributed by atoms with Crippen molar-refractivity contribution < 1.29 is 23.5 Å². The molecule has 5 rings (SSSR count). The number of benzene rings is 2. The van der Waals surface area contributed by atoms with E-state index in [2.05, 4.69) is 30.7 Å². The Bertz CT molecular complexity index is 1690. The van der Waals surface area contributed by atoms with E-state index in [1.807, 2.05) is 6.92 Å². The number of rotatable bonds is 9. The van der Waals surface area contributed by atoms with Gasteiger partial charge in [0.1, 0.15) is 30.1 Å². The second-order valence-electron chi connectivity index (χ2n) is 8.87. The van der Waals surface area contributed by atoms with E-state index < -0.39 is 23.8 Å². The van der Waals surface area contributed by atoms with Crippen molar-refractivity contribution in [1.29, 1.82) is 0 Å². The second kappa shape index (κ2) is 12.5. The number of aromatic nitrogens is 4. The third kappa shape index (κ3) is 6.04. The molecule has 11 nitrogen and oxygen atoms in total. The van der Waals surface area contributed by atoms with Crippen molar-refractivity contribution in [3.63, 3.8) is 0 Å². The number of para-hydroxylation sites is 1. The Morgan fingerprint density at radius 3 is 2.74 bits per heavy atom. The number of aryl methyl sites for hydroxylation is 1. The van der Waals surface area contributed by atoms with Crippen molar-refractivity contribution in [1.82, 2.24) is 25.1 Å². The largest absolute Gasteiger partial charge is 0.493 e. The molecule has 42 heavy (non-hydrogen) atoms. The van der Waals surface area contributed by atoms with Gasteiger partial charge in [-0.05, 0) is 38.1 Å². The van der Waals surface area contributed by atoms with Crippen molar-refractivity contribution in [3.05, 3.63) is 93.4 Å². The first kappa shape index (κ1) is 29.0. The van der Waals surface area contributed by atoms with E-state index >= 15 is 0 Å². The summed E-state index contributed by atoms with van der Waals surface area (Å²) in [6, 6.07) is 11.0. The van der Waals surface area contributed by atoms with Crippen LogP contribution in [-0.4, -0.2) is 50.0 Å². The number of halogens is 3. The standard InChI is InChI=1S/C28H24Cl2FN7O4/c1-3-38-22(33-14-34-38)13-42-28-18(11-16(31)12-32-28)26(39)37-25-27(40)35-20-8-6-5-7-17(20)24(36-25)23-19(30)9-15(29)10-21(23)41-4-2/h5-12,14,25H,3-4,13H2,1-2H3,(H,35,40)(H,37,39). The summed E-state index contributed by atoms with van der Waals surface area (Å²) in [6.45, 7) is 4.45. The number of pyridine rings is 1. The molecule has 4 aromatic rings. The summed E-state index contributed by atoms with van der Waals surface area (Å²) in [5.74, 6) is -1.61. The van der Waals surface area contributed by atoms with Crippen molar-refractivity contribution in [2.75, 3.05) is 11.9 Å². The van der Waals surface area contributed by atoms with Crippen molar-refractivity contribution >= 4 is 46.4 Å². The molecule has 2 N–H and O–H groups in total. The normalized spacial score (nSPS) is 14.4. The van der Waals surface area contributed by atoms with Crippen LogP contribution in [0.4, 0.5) is 10.1 Å². The number of ether oxygens (including phenoxy) is 2. The molecule has 1 aliphatic heterocycles. The molecule has 0 fully saturated rings. The predicted octanol–water partition coefficient (Wildman–Crippen LogP) is 4.66. The topological polar surface area (TPSA) is 133 Å². The Morgan fingerprint density at radius 1 is 1.14 bits per heavy atom. The molecule has 1 aliphatic rings. The molecule has 0 saturated heterocycles. The molecule has 0 aliphatic carbocycles. The van der Waals surface area contributed by atoms with E-state index in [-0.39, 0.29) is 28.8 Å². The highest BCUT2D eigenvalue weighted by Gasteiger charge is 2.31. The maximum atomic E-state index is 14.2. The number of hydrogen-bond donors (Lipinski definition) is 2. The zero-order chi connectivity index (χ0) is 29.8. The minimum absolute atomic E-state index is 0.0798. The van der Waals surface area contributed by atoms with Gasteiger partial charge < -0.3 is 20.1 Å². The van der Waals surface area contributed by atoms with Crippen LogP contribution in [0.5, 0.6) is 11.6 Å². The molecule has 0 bridgehead atoms. The molecule has 1 unspecified atom stereocenters. The Labute approximate surface area is 249 Å². The zero-order valence-electron chi connectivity index (χ0n) is 22.4. The second-order valence-corrected chi connectivity index (χ2v) is 9.71.